The minimum atomic E-state index is -0.596. The molecule has 0 aliphatic heterocycles. The van der Waals surface area contributed by atoms with Gasteiger partial charge in [-0.05, 0) is 37.1 Å². The molecule has 0 saturated heterocycles. The van der Waals surface area contributed by atoms with Crippen molar-refractivity contribution in [1.82, 2.24) is 5.32 Å². The lowest BCUT2D eigenvalue weighted by atomic mass is 9.91. The molecule has 3 N–H and O–H groups in total. The fraction of sp³-hybridized carbons (Fsp3) is 0.294. The van der Waals surface area contributed by atoms with Crippen LogP contribution in [0, 0.1) is 0 Å². The van der Waals surface area contributed by atoms with Crippen LogP contribution in [0.5, 0.6) is 5.75 Å². The molecule has 3 heteroatoms. The molecular formula is C17H21NO2. The van der Waals surface area contributed by atoms with Crippen molar-refractivity contribution in [2.45, 2.75) is 32.0 Å². The first-order valence-corrected chi connectivity index (χ1v) is 6.75. The zero-order chi connectivity index (χ0) is 14.6. The first kappa shape index (κ1) is 14.6. The molecule has 1 atom stereocenters. The number of phenolic OH excluding ortho intramolecular Hbond substituents is 1. The van der Waals surface area contributed by atoms with Crippen LogP contribution in [0.25, 0.3) is 0 Å². The Morgan fingerprint density at radius 3 is 2.40 bits per heavy atom. The van der Waals surface area contributed by atoms with Gasteiger partial charge in [0.25, 0.3) is 0 Å². The number of hydrogen-bond acceptors (Lipinski definition) is 3. The highest BCUT2D eigenvalue weighted by atomic mass is 16.3. The van der Waals surface area contributed by atoms with Crippen molar-refractivity contribution < 1.29 is 10.2 Å². The lowest BCUT2D eigenvalue weighted by molar-refractivity contribution is 0.0791. The van der Waals surface area contributed by atoms with Gasteiger partial charge in [0.15, 0.2) is 0 Å². The smallest absolute Gasteiger partial charge is 0.115 e. The first-order chi connectivity index (χ1) is 9.49. The van der Waals surface area contributed by atoms with Gasteiger partial charge in [-0.25, -0.2) is 0 Å². The van der Waals surface area contributed by atoms with Crippen LogP contribution < -0.4 is 5.32 Å². The Morgan fingerprint density at radius 2 is 1.75 bits per heavy atom. The highest BCUT2D eigenvalue weighted by Crippen LogP contribution is 2.25. The second-order valence-electron chi connectivity index (χ2n) is 5.56. The highest BCUT2D eigenvalue weighted by Gasteiger charge is 2.28. The summed E-state index contributed by atoms with van der Waals surface area (Å²) in [5.41, 5.74) is 1.41. The van der Waals surface area contributed by atoms with E-state index >= 15 is 0 Å². The van der Waals surface area contributed by atoms with E-state index in [-0.39, 0.29) is 5.75 Å². The zero-order valence-corrected chi connectivity index (χ0v) is 11.9. The van der Waals surface area contributed by atoms with E-state index < -0.39 is 11.6 Å². The summed E-state index contributed by atoms with van der Waals surface area (Å²) in [6, 6.07) is 16.7. The Bertz CT molecular complexity index is 552. The maximum atomic E-state index is 10.5. The minimum absolute atomic E-state index is 0.255. The average Bonchev–Trinajstić information content (AvgIpc) is 2.45. The SMILES string of the molecule is CC(C)(NCc1cccc(O)c1)C(O)c1ccccc1. The van der Waals surface area contributed by atoms with Gasteiger partial charge in [0.05, 0.1) is 6.10 Å². The van der Waals surface area contributed by atoms with Gasteiger partial charge in [-0.3, -0.25) is 0 Å². The second-order valence-corrected chi connectivity index (χ2v) is 5.56. The maximum Gasteiger partial charge on any atom is 0.115 e. The molecule has 0 aromatic heterocycles. The monoisotopic (exact) mass is 271 g/mol. The van der Waals surface area contributed by atoms with E-state index in [1.165, 1.54) is 0 Å². The summed E-state index contributed by atoms with van der Waals surface area (Å²) >= 11 is 0. The number of aliphatic hydroxyl groups excluding tert-OH is 1. The van der Waals surface area contributed by atoms with Gasteiger partial charge in [0.2, 0.25) is 0 Å². The summed E-state index contributed by atoms with van der Waals surface area (Å²) < 4.78 is 0. The molecule has 0 radical (unpaired) electrons. The molecular weight excluding hydrogens is 250 g/mol. The van der Waals surface area contributed by atoms with Gasteiger partial charge in [-0.15, -0.1) is 0 Å². The normalized spacial score (nSPS) is 13.2. The molecule has 106 valence electrons. The number of hydrogen-bond donors (Lipinski definition) is 3. The van der Waals surface area contributed by atoms with Crippen molar-refractivity contribution in [3.63, 3.8) is 0 Å². The zero-order valence-electron chi connectivity index (χ0n) is 11.9. The third kappa shape index (κ3) is 3.59. The van der Waals surface area contributed by atoms with Crippen LogP contribution in [-0.2, 0) is 6.54 Å². The van der Waals surface area contributed by atoms with Crippen LogP contribution in [-0.4, -0.2) is 15.8 Å². The minimum Gasteiger partial charge on any atom is -0.508 e. The Morgan fingerprint density at radius 1 is 1.05 bits per heavy atom. The standard InChI is InChI=1S/C17H21NO2/c1-17(2,16(20)14-8-4-3-5-9-14)18-12-13-7-6-10-15(19)11-13/h3-11,16,18-20H,12H2,1-2H3. The Balaban J connectivity index is 2.03. The fourth-order valence-electron chi connectivity index (χ4n) is 2.14. The molecule has 0 aliphatic carbocycles. The molecule has 0 amide bonds. The van der Waals surface area contributed by atoms with E-state index in [4.69, 9.17) is 0 Å². The second kappa shape index (κ2) is 6.07. The average molecular weight is 271 g/mol. The van der Waals surface area contributed by atoms with Crippen LogP contribution >= 0.6 is 0 Å². The number of phenols is 1. The maximum absolute atomic E-state index is 10.5. The van der Waals surface area contributed by atoms with E-state index in [9.17, 15) is 10.2 Å². The van der Waals surface area contributed by atoms with Crippen LogP contribution in [0.3, 0.4) is 0 Å². The topological polar surface area (TPSA) is 52.5 Å². The molecule has 0 saturated carbocycles. The number of rotatable bonds is 5. The van der Waals surface area contributed by atoms with Crippen molar-refractivity contribution in [1.29, 1.82) is 0 Å². The molecule has 20 heavy (non-hydrogen) atoms. The van der Waals surface area contributed by atoms with Gasteiger partial charge in [0.1, 0.15) is 5.75 Å². The lowest BCUT2D eigenvalue weighted by Crippen LogP contribution is -2.44. The van der Waals surface area contributed by atoms with Crippen molar-refractivity contribution in [2.75, 3.05) is 0 Å². The number of benzene rings is 2. The molecule has 1 unspecified atom stereocenters. The summed E-state index contributed by atoms with van der Waals surface area (Å²) in [5.74, 6) is 0.255. The molecule has 0 fully saturated rings. The van der Waals surface area contributed by atoms with Crippen LogP contribution in [0.4, 0.5) is 0 Å². The van der Waals surface area contributed by atoms with Gasteiger partial charge in [-0.2, -0.15) is 0 Å². The molecule has 0 bridgehead atoms. The summed E-state index contributed by atoms with van der Waals surface area (Å²) in [7, 11) is 0. The van der Waals surface area contributed by atoms with Gasteiger partial charge in [0, 0.05) is 12.1 Å². The number of nitrogens with one attached hydrogen (secondary N) is 1. The number of aliphatic hydroxyl groups is 1. The largest absolute Gasteiger partial charge is 0.508 e. The number of aromatic hydroxyl groups is 1. The third-order valence-corrected chi connectivity index (χ3v) is 3.46. The Hall–Kier alpha value is -1.84. The highest BCUT2D eigenvalue weighted by molar-refractivity contribution is 5.27. The van der Waals surface area contributed by atoms with Crippen molar-refractivity contribution >= 4 is 0 Å². The van der Waals surface area contributed by atoms with Gasteiger partial charge < -0.3 is 15.5 Å². The quantitative estimate of drug-likeness (QED) is 0.783. The molecule has 2 aromatic rings. The molecule has 2 rings (SSSR count). The molecule has 3 nitrogen and oxygen atoms in total. The van der Waals surface area contributed by atoms with E-state index in [2.05, 4.69) is 5.32 Å². The predicted molar refractivity (Wildman–Crippen MR) is 80.4 cm³/mol. The van der Waals surface area contributed by atoms with Crippen molar-refractivity contribution in [3.8, 4) is 5.75 Å². The van der Waals surface area contributed by atoms with Crippen LogP contribution in [0.1, 0.15) is 31.1 Å². The Kier molecular flexibility index (Phi) is 4.42. The molecule has 2 aromatic carbocycles. The molecule has 0 spiro atoms. The molecule has 0 heterocycles. The lowest BCUT2D eigenvalue weighted by Gasteiger charge is -2.32. The first-order valence-electron chi connectivity index (χ1n) is 6.75. The summed E-state index contributed by atoms with van der Waals surface area (Å²) in [6.45, 7) is 4.52. The van der Waals surface area contributed by atoms with E-state index in [1.54, 1.807) is 12.1 Å². The van der Waals surface area contributed by atoms with Crippen molar-refractivity contribution in [2.24, 2.45) is 0 Å². The van der Waals surface area contributed by atoms with E-state index in [1.807, 2.05) is 56.3 Å². The van der Waals surface area contributed by atoms with Crippen LogP contribution in [0.2, 0.25) is 0 Å². The summed E-state index contributed by atoms with van der Waals surface area (Å²) in [5, 5.41) is 23.3. The van der Waals surface area contributed by atoms with E-state index in [0.717, 1.165) is 11.1 Å². The van der Waals surface area contributed by atoms with Crippen molar-refractivity contribution in [3.05, 3.63) is 65.7 Å². The summed E-state index contributed by atoms with van der Waals surface area (Å²) in [6.07, 6.45) is -0.596. The fourth-order valence-corrected chi connectivity index (χ4v) is 2.14. The molecule has 0 aliphatic rings. The summed E-state index contributed by atoms with van der Waals surface area (Å²) in [4.78, 5) is 0. The van der Waals surface area contributed by atoms with Crippen LogP contribution in [0.15, 0.2) is 54.6 Å². The Labute approximate surface area is 119 Å². The van der Waals surface area contributed by atoms with Gasteiger partial charge >= 0.3 is 0 Å². The third-order valence-electron chi connectivity index (χ3n) is 3.46. The van der Waals surface area contributed by atoms with E-state index in [0.29, 0.717) is 6.54 Å². The predicted octanol–water partition coefficient (Wildman–Crippen LogP) is 2.99. The van der Waals surface area contributed by atoms with Gasteiger partial charge in [-0.1, -0.05) is 42.5 Å².